The second kappa shape index (κ2) is 10.1. The van der Waals surface area contributed by atoms with Gasteiger partial charge in [0, 0.05) is 17.6 Å². The maximum absolute atomic E-state index is 13.0. The molecule has 8 nitrogen and oxygen atoms in total. The van der Waals surface area contributed by atoms with E-state index >= 15 is 0 Å². The van der Waals surface area contributed by atoms with E-state index in [1.807, 2.05) is 60.1 Å². The fourth-order valence-corrected chi connectivity index (χ4v) is 4.50. The summed E-state index contributed by atoms with van der Waals surface area (Å²) in [6.45, 7) is 5.65. The molecular weight excluding hydrogens is 440 g/mol. The van der Waals surface area contributed by atoms with Crippen LogP contribution < -0.4 is 5.56 Å². The summed E-state index contributed by atoms with van der Waals surface area (Å²) in [6.07, 6.45) is 2.43. The second-order valence-electron chi connectivity index (χ2n) is 8.80. The molecule has 1 atom stereocenters. The molecule has 0 bridgehead atoms. The molecule has 1 N–H and O–H groups in total. The topological polar surface area (TPSA) is 92.8 Å². The molecule has 5 rings (SSSR count). The number of aryl methyl sites for hydroxylation is 1. The molecule has 0 aliphatic rings. The fourth-order valence-electron chi connectivity index (χ4n) is 4.50. The molecule has 5 aromatic rings. The van der Waals surface area contributed by atoms with Gasteiger partial charge in [0.15, 0.2) is 5.82 Å². The minimum Gasteiger partial charge on any atom is -0.468 e. The summed E-state index contributed by atoms with van der Waals surface area (Å²) >= 11 is 0. The summed E-state index contributed by atoms with van der Waals surface area (Å²) < 4.78 is 7.51. The average Bonchev–Trinajstić information content (AvgIpc) is 3.53. The summed E-state index contributed by atoms with van der Waals surface area (Å²) in [5.74, 6) is 1.58. The number of H-pyrrole nitrogens is 1. The number of rotatable bonds is 9. The van der Waals surface area contributed by atoms with Crippen molar-refractivity contribution in [2.45, 2.75) is 45.9 Å². The molecule has 0 amide bonds. The molecule has 0 fully saturated rings. The summed E-state index contributed by atoms with van der Waals surface area (Å²) in [7, 11) is 0. The number of aromatic nitrogens is 5. The third kappa shape index (κ3) is 5.07. The van der Waals surface area contributed by atoms with Gasteiger partial charge in [-0.15, -0.1) is 5.10 Å². The van der Waals surface area contributed by atoms with E-state index in [2.05, 4.69) is 50.5 Å². The van der Waals surface area contributed by atoms with Crippen molar-refractivity contribution in [3.8, 4) is 0 Å². The molecule has 178 valence electrons. The third-order valence-electron chi connectivity index (χ3n) is 6.25. The Labute approximate surface area is 203 Å². The Balaban J connectivity index is 1.50. The van der Waals surface area contributed by atoms with E-state index in [0.29, 0.717) is 25.2 Å². The van der Waals surface area contributed by atoms with Gasteiger partial charge in [-0.2, -0.15) is 0 Å². The van der Waals surface area contributed by atoms with Crippen LogP contribution in [0.1, 0.15) is 47.7 Å². The van der Waals surface area contributed by atoms with Crippen LogP contribution >= 0.6 is 0 Å². The van der Waals surface area contributed by atoms with Gasteiger partial charge < -0.3 is 9.40 Å². The standard InChI is InChI=1S/C27H28N6O2/c1-3-25(26-29-30-31-33(26)16-20-8-5-4-6-9-20)32(18-23-10-7-13-35-23)17-22-15-21-12-11-19(2)14-24(21)28-27(22)34/h4-15,25H,3,16-18H2,1-2H3,(H,28,34). The lowest BCUT2D eigenvalue weighted by Crippen LogP contribution is -2.32. The van der Waals surface area contributed by atoms with Gasteiger partial charge in [0.1, 0.15) is 5.76 Å². The van der Waals surface area contributed by atoms with Gasteiger partial charge >= 0.3 is 0 Å². The van der Waals surface area contributed by atoms with Crippen molar-refractivity contribution < 1.29 is 4.42 Å². The van der Waals surface area contributed by atoms with E-state index in [1.54, 1.807) is 6.26 Å². The molecule has 0 saturated heterocycles. The lowest BCUT2D eigenvalue weighted by Gasteiger charge is -2.29. The molecule has 0 spiro atoms. The van der Waals surface area contributed by atoms with Gasteiger partial charge in [-0.25, -0.2) is 4.68 Å². The molecule has 3 heterocycles. The summed E-state index contributed by atoms with van der Waals surface area (Å²) in [4.78, 5) is 18.3. The summed E-state index contributed by atoms with van der Waals surface area (Å²) in [5.41, 5.74) is 3.67. The Hall–Kier alpha value is -4.04. The van der Waals surface area contributed by atoms with E-state index < -0.39 is 0 Å². The van der Waals surface area contributed by atoms with Gasteiger partial charge in [-0.05, 0) is 64.5 Å². The van der Waals surface area contributed by atoms with E-state index in [1.165, 1.54) is 0 Å². The lowest BCUT2D eigenvalue weighted by molar-refractivity contribution is 0.149. The number of furan rings is 1. The largest absolute Gasteiger partial charge is 0.468 e. The Bertz CT molecular complexity index is 1460. The Morgan fingerprint density at radius 1 is 1.06 bits per heavy atom. The highest BCUT2D eigenvalue weighted by atomic mass is 16.3. The van der Waals surface area contributed by atoms with Crippen molar-refractivity contribution in [2.24, 2.45) is 0 Å². The molecule has 8 heteroatoms. The van der Waals surface area contributed by atoms with E-state index in [4.69, 9.17) is 4.42 Å². The Morgan fingerprint density at radius 2 is 1.91 bits per heavy atom. The molecule has 0 radical (unpaired) electrons. The van der Waals surface area contributed by atoms with Crippen LogP contribution in [0.3, 0.4) is 0 Å². The van der Waals surface area contributed by atoms with Crippen LogP contribution in [-0.4, -0.2) is 30.1 Å². The quantitative estimate of drug-likeness (QED) is 0.339. The van der Waals surface area contributed by atoms with Crippen LogP contribution in [0, 0.1) is 6.92 Å². The van der Waals surface area contributed by atoms with E-state index in [-0.39, 0.29) is 11.6 Å². The molecular formula is C27H28N6O2. The summed E-state index contributed by atoms with van der Waals surface area (Å²) in [6, 6.07) is 21.9. The number of benzene rings is 2. The number of aromatic amines is 1. The fraction of sp³-hybridized carbons (Fsp3) is 0.259. The lowest BCUT2D eigenvalue weighted by atomic mass is 10.1. The number of hydrogen-bond donors (Lipinski definition) is 1. The zero-order valence-electron chi connectivity index (χ0n) is 19.9. The molecule has 0 aliphatic heterocycles. The van der Waals surface area contributed by atoms with Crippen LogP contribution in [0.15, 0.2) is 82.2 Å². The first-order valence-electron chi connectivity index (χ1n) is 11.8. The second-order valence-corrected chi connectivity index (χ2v) is 8.80. The van der Waals surface area contributed by atoms with Crippen molar-refractivity contribution >= 4 is 10.9 Å². The highest BCUT2D eigenvalue weighted by Crippen LogP contribution is 2.27. The van der Waals surface area contributed by atoms with Gasteiger partial charge in [-0.1, -0.05) is 49.4 Å². The van der Waals surface area contributed by atoms with Crippen LogP contribution in [-0.2, 0) is 19.6 Å². The number of tetrazole rings is 1. The van der Waals surface area contributed by atoms with Gasteiger partial charge in [0.2, 0.25) is 0 Å². The average molecular weight is 469 g/mol. The number of nitrogens with zero attached hydrogens (tertiary/aromatic N) is 5. The van der Waals surface area contributed by atoms with Crippen molar-refractivity contribution in [2.75, 3.05) is 0 Å². The van der Waals surface area contributed by atoms with Gasteiger partial charge in [-0.3, -0.25) is 9.69 Å². The Kier molecular flexibility index (Phi) is 6.54. The predicted molar refractivity (Wildman–Crippen MR) is 134 cm³/mol. The zero-order chi connectivity index (χ0) is 24.2. The number of hydrogen-bond acceptors (Lipinski definition) is 6. The highest BCUT2D eigenvalue weighted by molar-refractivity contribution is 5.79. The normalized spacial score (nSPS) is 12.4. The molecule has 0 aliphatic carbocycles. The molecule has 1 unspecified atom stereocenters. The molecule has 3 aromatic heterocycles. The van der Waals surface area contributed by atoms with Crippen LogP contribution in [0.25, 0.3) is 10.9 Å². The van der Waals surface area contributed by atoms with Crippen molar-refractivity contribution in [1.82, 2.24) is 30.1 Å². The number of fused-ring (bicyclic) bond motifs is 1. The summed E-state index contributed by atoms with van der Waals surface area (Å²) in [5, 5.41) is 13.7. The van der Waals surface area contributed by atoms with Gasteiger partial charge in [0.25, 0.3) is 5.56 Å². The van der Waals surface area contributed by atoms with Crippen LogP contribution in [0.5, 0.6) is 0 Å². The number of nitrogens with one attached hydrogen (secondary N) is 1. The minimum atomic E-state index is -0.119. The molecule has 35 heavy (non-hydrogen) atoms. The van der Waals surface area contributed by atoms with Crippen LogP contribution in [0.4, 0.5) is 0 Å². The van der Waals surface area contributed by atoms with Crippen molar-refractivity contribution in [1.29, 1.82) is 0 Å². The first-order chi connectivity index (χ1) is 17.1. The van der Waals surface area contributed by atoms with Gasteiger partial charge in [0.05, 0.1) is 25.4 Å². The minimum absolute atomic E-state index is 0.0914. The first kappa shape index (κ1) is 22.7. The molecule has 2 aromatic carbocycles. The van der Waals surface area contributed by atoms with Crippen LogP contribution in [0.2, 0.25) is 0 Å². The van der Waals surface area contributed by atoms with Crippen molar-refractivity contribution in [3.05, 3.63) is 112 Å². The highest BCUT2D eigenvalue weighted by Gasteiger charge is 2.26. The molecule has 0 saturated carbocycles. The van der Waals surface area contributed by atoms with E-state index in [0.717, 1.165) is 40.0 Å². The maximum atomic E-state index is 13.0. The maximum Gasteiger partial charge on any atom is 0.252 e. The number of pyridine rings is 1. The van der Waals surface area contributed by atoms with E-state index in [9.17, 15) is 4.79 Å². The monoisotopic (exact) mass is 468 g/mol. The first-order valence-corrected chi connectivity index (χ1v) is 11.8. The third-order valence-corrected chi connectivity index (χ3v) is 6.25. The van der Waals surface area contributed by atoms with Crippen molar-refractivity contribution in [3.63, 3.8) is 0 Å². The SMILES string of the molecule is CCC(c1nnnn1Cc1ccccc1)N(Cc1ccco1)Cc1cc2ccc(C)cc2[nH]c1=O. The Morgan fingerprint density at radius 3 is 2.69 bits per heavy atom. The predicted octanol–water partition coefficient (Wildman–Crippen LogP) is 4.62. The zero-order valence-corrected chi connectivity index (χ0v) is 19.9. The smallest absolute Gasteiger partial charge is 0.252 e.